The molecule has 1 saturated heterocycles. The molecule has 0 saturated carbocycles. The fraction of sp³-hybridized carbons (Fsp3) is 0.263. The molecule has 1 N–H and O–H groups in total. The minimum absolute atomic E-state index is 0.0604. The Balaban J connectivity index is 1.58. The Labute approximate surface area is 136 Å². The number of likely N-dealkylation sites (tertiary alicyclic amines) is 1. The summed E-state index contributed by atoms with van der Waals surface area (Å²) < 4.78 is 0. The summed E-state index contributed by atoms with van der Waals surface area (Å²) in [5, 5.41) is 2.86. The van der Waals surface area contributed by atoms with E-state index in [0.717, 1.165) is 31.5 Å². The van der Waals surface area contributed by atoms with Gasteiger partial charge in [0.1, 0.15) is 0 Å². The van der Waals surface area contributed by atoms with Gasteiger partial charge in [0.2, 0.25) is 5.91 Å². The van der Waals surface area contributed by atoms with Crippen molar-refractivity contribution in [1.82, 2.24) is 4.90 Å². The number of hydrogen-bond acceptors (Lipinski definition) is 2. The van der Waals surface area contributed by atoms with Crippen LogP contribution in [0, 0.1) is 0 Å². The second kappa shape index (κ2) is 7.09. The first-order valence-corrected chi connectivity index (χ1v) is 7.95. The first-order chi connectivity index (χ1) is 11.2. The Morgan fingerprint density at radius 3 is 2.22 bits per heavy atom. The van der Waals surface area contributed by atoms with Gasteiger partial charge in [-0.05, 0) is 42.7 Å². The van der Waals surface area contributed by atoms with Crippen LogP contribution < -0.4 is 5.32 Å². The second-order valence-corrected chi connectivity index (χ2v) is 5.79. The summed E-state index contributed by atoms with van der Waals surface area (Å²) in [4.78, 5) is 26.2. The van der Waals surface area contributed by atoms with Crippen molar-refractivity contribution in [2.75, 3.05) is 18.4 Å². The number of hydrogen-bond donors (Lipinski definition) is 1. The normalized spacial score (nSPS) is 13.8. The van der Waals surface area contributed by atoms with Crippen molar-refractivity contribution in [2.24, 2.45) is 0 Å². The van der Waals surface area contributed by atoms with Crippen LogP contribution in [0.15, 0.2) is 54.6 Å². The molecule has 0 radical (unpaired) electrons. The Morgan fingerprint density at radius 2 is 1.57 bits per heavy atom. The Hall–Kier alpha value is -2.62. The van der Waals surface area contributed by atoms with Crippen molar-refractivity contribution in [2.45, 2.75) is 19.3 Å². The summed E-state index contributed by atoms with van der Waals surface area (Å²) >= 11 is 0. The molecule has 4 heteroatoms. The minimum atomic E-state index is -0.0604. The fourth-order valence-electron chi connectivity index (χ4n) is 2.79. The maximum Gasteiger partial charge on any atom is 0.253 e. The summed E-state index contributed by atoms with van der Waals surface area (Å²) in [7, 11) is 0. The Bertz CT molecular complexity index is 674. The molecule has 3 rings (SSSR count). The van der Waals surface area contributed by atoms with Crippen LogP contribution in [0.3, 0.4) is 0 Å². The van der Waals surface area contributed by atoms with Crippen molar-refractivity contribution in [3.8, 4) is 0 Å². The lowest BCUT2D eigenvalue weighted by Crippen LogP contribution is -2.27. The molecule has 0 spiro atoms. The minimum Gasteiger partial charge on any atom is -0.339 e. The smallest absolute Gasteiger partial charge is 0.253 e. The Morgan fingerprint density at radius 1 is 0.913 bits per heavy atom. The average molecular weight is 308 g/mol. The van der Waals surface area contributed by atoms with Crippen molar-refractivity contribution >= 4 is 17.5 Å². The molecule has 4 nitrogen and oxygen atoms in total. The van der Waals surface area contributed by atoms with Gasteiger partial charge in [0, 0.05) is 24.3 Å². The van der Waals surface area contributed by atoms with Crippen LogP contribution in [0.5, 0.6) is 0 Å². The zero-order valence-corrected chi connectivity index (χ0v) is 13.0. The van der Waals surface area contributed by atoms with Crippen LogP contribution in [0.4, 0.5) is 5.69 Å². The maximum absolute atomic E-state index is 12.3. The quantitative estimate of drug-likeness (QED) is 0.943. The van der Waals surface area contributed by atoms with Gasteiger partial charge in [-0.1, -0.05) is 30.3 Å². The molecule has 0 aromatic heterocycles. The molecule has 1 fully saturated rings. The highest BCUT2D eigenvalue weighted by molar-refractivity contribution is 5.96. The highest BCUT2D eigenvalue weighted by Crippen LogP contribution is 2.15. The Kier molecular flexibility index (Phi) is 4.71. The van der Waals surface area contributed by atoms with E-state index >= 15 is 0 Å². The lowest BCUT2D eigenvalue weighted by molar-refractivity contribution is -0.115. The molecule has 0 unspecified atom stereocenters. The van der Waals surface area contributed by atoms with Gasteiger partial charge in [-0.3, -0.25) is 9.59 Å². The first-order valence-electron chi connectivity index (χ1n) is 7.95. The topological polar surface area (TPSA) is 49.4 Å². The van der Waals surface area contributed by atoms with E-state index in [0.29, 0.717) is 17.7 Å². The monoisotopic (exact) mass is 308 g/mol. The van der Waals surface area contributed by atoms with E-state index in [1.807, 2.05) is 35.2 Å². The number of anilines is 1. The van der Waals surface area contributed by atoms with E-state index in [1.54, 1.807) is 24.3 Å². The predicted molar refractivity (Wildman–Crippen MR) is 90.4 cm³/mol. The van der Waals surface area contributed by atoms with Gasteiger partial charge < -0.3 is 10.2 Å². The molecule has 0 aliphatic carbocycles. The molecule has 0 atom stereocenters. The first kappa shape index (κ1) is 15.3. The van der Waals surface area contributed by atoms with Gasteiger partial charge in [-0.2, -0.15) is 0 Å². The lowest BCUT2D eigenvalue weighted by Gasteiger charge is -2.15. The summed E-state index contributed by atoms with van der Waals surface area (Å²) in [6.45, 7) is 1.68. The lowest BCUT2D eigenvalue weighted by atomic mass is 10.1. The van der Waals surface area contributed by atoms with E-state index in [4.69, 9.17) is 0 Å². The SMILES string of the molecule is O=C(Cc1ccccc1)Nc1ccc(C(=O)N2CCCC2)cc1. The average Bonchev–Trinajstić information content (AvgIpc) is 3.10. The number of rotatable bonds is 4. The zero-order valence-electron chi connectivity index (χ0n) is 13.0. The van der Waals surface area contributed by atoms with Gasteiger partial charge >= 0.3 is 0 Å². The van der Waals surface area contributed by atoms with Gasteiger partial charge in [-0.25, -0.2) is 0 Å². The molecule has 23 heavy (non-hydrogen) atoms. The number of nitrogens with zero attached hydrogens (tertiary/aromatic N) is 1. The van der Waals surface area contributed by atoms with Crippen molar-refractivity contribution in [1.29, 1.82) is 0 Å². The highest BCUT2D eigenvalue weighted by Gasteiger charge is 2.19. The second-order valence-electron chi connectivity index (χ2n) is 5.79. The molecular formula is C19H20N2O2. The predicted octanol–water partition coefficient (Wildman–Crippen LogP) is 3.10. The molecule has 118 valence electrons. The molecule has 1 aliphatic heterocycles. The van der Waals surface area contributed by atoms with Crippen molar-refractivity contribution in [3.63, 3.8) is 0 Å². The standard InChI is InChI=1S/C19H20N2O2/c22-18(14-15-6-2-1-3-7-15)20-17-10-8-16(9-11-17)19(23)21-12-4-5-13-21/h1-3,6-11H,4-5,12-14H2,(H,20,22). The summed E-state index contributed by atoms with van der Waals surface area (Å²) in [6, 6.07) is 16.7. The van der Waals surface area contributed by atoms with Crippen LogP contribution in [-0.4, -0.2) is 29.8 Å². The third-order valence-corrected chi connectivity index (χ3v) is 4.02. The van der Waals surface area contributed by atoms with Gasteiger partial charge in [0.25, 0.3) is 5.91 Å². The molecule has 2 aromatic rings. The van der Waals surface area contributed by atoms with E-state index in [2.05, 4.69) is 5.32 Å². The number of carbonyl (C=O) groups excluding carboxylic acids is 2. The van der Waals surface area contributed by atoms with Gasteiger partial charge in [0.15, 0.2) is 0 Å². The third-order valence-electron chi connectivity index (χ3n) is 4.02. The van der Waals surface area contributed by atoms with E-state index in [-0.39, 0.29) is 11.8 Å². The summed E-state index contributed by atoms with van der Waals surface area (Å²) in [5.74, 6) is 0.0134. The number of nitrogens with one attached hydrogen (secondary N) is 1. The van der Waals surface area contributed by atoms with Crippen LogP contribution in [0.25, 0.3) is 0 Å². The van der Waals surface area contributed by atoms with Crippen LogP contribution in [-0.2, 0) is 11.2 Å². The van der Waals surface area contributed by atoms with E-state index in [1.165, 1.54) is 0 Å². The number of benzene rings is 2. The third kappa shape index (κ3) is 3.97. The molecular weight excluding hydrogens is 288 g/mol. The van der Waals surface area contributed by atoms with Crippen LogP contribution >= 0.6 is 0 Å². The maximum atomic E-state index is 12.3. The molecule has 1 aliphatic rings. The van der Waals surface area contributed by atoms with Crippen LogP contribution in [0.2, 0.25) is 0 Å². The van der Waals surface area contributed by atoms with Crippen LogP contribution in [0.1, 0.15) is 28.8 Å². The summed E-state index contributed by atoms with van der Waals surface area (Å²) in [5.41, 5.74) is 2.36. The van der Waals surface area contributed by atoms with Crippen molar-refractivity contribution < 1.29 is 9.59 Å². The van der Waals surface area contributed by atoms with Crippen molar-refractivity contribution in [3.05, 3.63) is 65.7 Å². The van der Waals surface area contributed by atoms with E-state index < -0.39 is 0 Å². The van der Waals surface area contributed by atoms with Gasteiger partial charge in [-0.15, -0.1) is 0 Å². The molecule has 2 aromatic carbocycles. The zero-order chi connectivity index (χ0) is 16.1. The fourth-order valence-corrected chi connectivity index (χ4v) is 2.79. The largest absolute Gasteiger partial charge is 0.339 e. The number of carbonyl (C=O) groups is 2. The van der Waals surface area contributed by atoms with Gasteiger partial charge in [0.05, 0.1) is 6.42 Å². The van der Waals surface area contributed by atoms with E-state index in [9.17, 15) is 9.59 Å². The molecule has 0 bridgehead atoms. The molecule has 2 amide bonds. The molecule has 1 heterocycles. The highest BCUT2D eigenvalue weighted by atomic mass is 16.2. The number of amides is 2. The summed E-state index contributed by atoms with van der Waals surface area (Å²) in [6.07, 6.45) is 2.51.